The van der Waals surface area contributed by atoms with Crippen molar-refractivity contribution < 1.29 is 9.32 Å². The number of carbonyl (C=O) groups excluding carboxylic acids is 1. The van der Waals surface area contributed by atoms with Crippen molar-refractivity contribution in [1.82, 2.24) is 15.0 Å². The van der Waals surface area contributed by atoms with E-state index in [9.17, 15) is 4.79 Å². The van der Waals surface area contributed by atoms with Crippen LogP contribution in [-0.2, 0) is 17.8 Å². The molecule has 0 unspecified atom stereocenters. The van der Waals surface area contributed by atoms with Gasteiger partial charge in [-0.05, 0) is 30.5 Å². The van der Waals surface area contributed by atoms with Crippen molar-refractivity contribution in [3.8, 4) is 11.4 Å². The maximum Gasteiger partial charge on any atom is 0.246 e. The average molecular weight is 335 g/mol. The number of rotatable bonds is 5. The molecule has 0 radical (unpaired) electrons. The Hall–Kier alpha value is -2.95. The Bertz CT molecular complexity index is 872. The Morgan fingerprint density at radius 3 is 2.56 bits per heavy atom. The van der Waals surface area contributed by atoms with Crippen molar-refractivity contribution in [2.75, 3.05) is 7.05 Å². The van der Waals surface area contributed by atoms with Gasteiger partial charge in [0, 0.05) is 12.6 Å². The van der Waals surface area contributed by atoms with Gasteiger partial charge in [0.25, 0.3) is 0 Å². The second kappa shape index (κ2) is 7.30. The third-order valence-corrected chi connectivity index (χ3v) is 4.22. The number of aryl methyl sites for hydroxylation is 2. The normalized spacial score (nSPS) is 10.7. The molecule has 5 nitrogen and oxygen atoms in total. The smallest absolute Gasteiger partial charge is 0.246 e. The molecule has 1 heterocycles. The summed E-state index contributed by atoms with van der Waals surface area (Å²) < 4.78 is 5.27. The predicted molar refractivity (Wildman–Crippen MR) is 95.8 cm³/mol. The molecule has 0 bridgehead atoms. The summed E-state index contributed by atoms with van der Waals surface area (Å²) in [6, 6.07) is 15.7. The van der Waals surface area contributed by atoms with E-state index in [2.05, 4.69) is 30.1 Å². The van der Waals surface area contributed by atoms with E-state index >= 15 is 0 Å². The van der Waals surface area contributed by atoms with Crippen LogP contribution in [0, 0.1) is 13.8 Å². The lowest BCUT2D eigenvalue weighted by molar-refractivity contribution is -0.130. The van der Waals surface area contributed by atoms with Crippen molar-refractivity contribution in [3.63, 3.8) is 0 Å². The van der Waals surface area contributed by atoms with Crippen LogP contribution < -0.4 is 0 Å². The molecule has 0 fully saturated rings. The minimum absolute atomic E-state index is 0.0164. The molecule has 3 rings (SSSR count). The number of carbonyl (C=O) groups is 1. The van der Waals surface area contributed by atoms with E-state index < -0.39 is 0 Å². The van der Waals surface area contributed by atoms with Gasteiger partial charge in [-0.3, -0.25) is 4.79 Å². The molecular weight excluding hydrogens is 314 g/mol. The molecule has 0 saturated carbocycles. The lowest BCUT2D eigenvalue weighted by atomic mass is 10.0. The van der Waals surface area contributed by atoms with Gasteiger partial charge >= 0.3 is 0 Å². The second-order valence-electron chi connectivity index (χ2n) is 6.22. The van der Waals surface area contributed by atoms with E-state index in [1.165, 1.54) is 11.1 Å². The van der Waals surface area contributed by atoms with Crippen LogP contribution in [0.2, 0.25) is 0 Å². The van der Waals surface area contributed by atoms with Crippen molar-refractivity contribution in [3.05, 3.63) is 71.1 Å². The predicted octanol–water partition coefficient (Wildman–Crippen LogP) is 3.55. The highest BCUT2D eigenvalue weighted by atomic mass is 16.5. The summed E-state index contributed by atoms with van der Waals surface area (Å²) in [5.74, 6) is 0.975. The van der Waals surface area contributed by atoms with E-state index in [-0.39, 0.29) is 5.91 Å². The van der Waals surface area contributed by atoms with E-state index in [4.69, 9.17) is 4.52 Å². The number of hydrogen-bond donors (Lipinski definition) is 0. The first-order chi connectivity index (χ1) is 12.0. The summed E-state index contributed by atoms with van der Waals surface area (Å²) >= 11 is 0. The largest absolute Gasteiger partial charge is 0.337 e. The number of benzene rings is 2. The fraction of sp³-hybridized carbons (Fsp3) is 0.250. The van der Waals surface area contributed by atoms with Crippen LogP contribution in [-0.4, -0.2) is 28.0 Å². The maximum atomic E-state index is 12.4. The standard InChI is InChI=1S/C20H21N3O2/c1-14-9-10-16(11-15(14)2)12-19(24)23(3)13-18-21-20(22-25-18)17-7-5-4-6-8-17/h4-11H,12-13H2,1-3H3. The van der Waals surface area contributed by atoms with Gasteiger partial charge in [-0.15, -0.1) is 0 Å². The van der Waals surface area contributed by atoms with Crippen molar-refractivity contribution in [1.29, 1.82) is 0 Å². The molecule has 0 saturated heterocycles. The lowest BCUT2D eigenvalue weighted by Gasteiger charge is -2.15. The van der Waals surface area contributed by atoms with Gasteiger partial charge in [-0.1, -0.05) is 53.7 Å². The van der Waals surface area contributed by atoms with Gasteiger partial charge in [0.05, 0.1) is 13.0 Å². The molecule has 1 amide bonds. The Labute approximate surface area is 147 Å². The Balaban J connectivity index is 1.63. The molecule has 128 valence electrons. The molecule has 0 spiro atoms. The number of hydrogen-bond acceptors (Lipinski definition) is 4. The van der Waals surface area contributed by atoms with Crippen molar-refractivity contribution in [2.24, 2.45) is 0 Å². The quantitative estimate of drug-likeness (QED) is 0.715. The summed E-state index contributed by atoms with van der Waals surface area (Å²) in [7, 11) is 1.75. The van der Waals surface area contributed by atoms with Gasteiger partial charge in [-0.2, -0.15) is 4.98 Å². The SMILES string of the molecule is Cc1ccc(CC(=O)N(C)Cc2nc(-c3ccccc3)no2)cc1C. The zero-order valence-electron chi connectivity index (χ0n) is 14.7. The van der Waals surface area contributed by atoms with Crippen LogP contribution in [0.5, 0.6) is 0 Å². The first-order valence-electron chi connectivity index (χ1n) is 8.21. The minimum Gasteiger partial charge on any atom is -0.337 e. The van der Waals surface area contributed by atoms with E-state index in [0.29, 0.717) is 24.7 Å². The molecule has 0 aliphatic heterocycles. The number of amides is 1. The first kappa shape index (κ1) is 16.9. The topological polar surface area (TPSA) is 59.2 Å². The average Bonchev–Trinajstić information content (AvgIpc) is 3.07. The summed E-state index contributed by atoms with van der Waals surface area (Å²) in [5, 5.41) is 3.98. The van der Waals surface area contributed by atoms with Crippen LogP contribution in [0.1, 0.15) is 22.6 Å². The zero-order chi connectivity index (χ0) is 17.8. The fourth-order valence-corrected chi connectivity index (χ4v) is 2.54. The van der Waals surface area contributed by atoms with Crippen LogP contribution >= 0.6 is 0 Å². The number of nitrogens with zero attached hydrogens (tertiary/aromatic N) is 3. The number of aromatic nitrogens is 2. The Morgan fingerprint density at radius 2 is 1.84 bits per heavy atom. The summed E-state index contributed by atoms with van der Waals surface area (Å²) in [6.45, 7) is 4.41. The van der Waals surface area contributed by atoms with E-state index in [1.807, 2.05) is 42.5 Å². The highest BCUT2D eigenvalue weighted by Crippen LogP contribution is 2.16. The van der Waals surface area contributed by atoms with Crippen LogP contribution in [0.25, 0.3) is 11.4 Å². The Kier molecular flexibility index (Phi) is 4.93. The molecular formula is C20H21N3O2. The van der Waals surface area contributed by atoms with Gasteiger partial charge in [0.1, 0.15) is 0 Å². The Morgan fingerprint density at radius 1 is 1.08 bits per heavy atom. The molecule has 25 heavy (non-hydrogen) atoms. The molecule has 5 heteroatoms. The molecule has 0 N–H and O–H groups in total. The van der Waals surface area contributed by atoms with Crippen molar-refractivity contribution in [2.45, 2.75) is 26.8 Å². The van der Waals surface area contributed by atoms with Crippen molar-refractivity contribution >= 4 is 5.91 Å². The minimum atomic E-state index is 0.0164. The monoisotopic (exact) mass is 335 g/mol. The van der Waals surface area contributed by atoms with Crippen LogP contribution in [0.4, 0.5) is 0 Å². The second-order valence-corrected chi connectivity index (χ2v) is 6.22. The molecule has 1 aromatic heterocycles. The fourth-order valence-electron chi connectivity index (χ4n) is 2.54. The molecule has 0 aliphatic carbocycles. The molecule has 2 aromatic carbocycles. The zero-order valence-corrected chi connectivity index (χ0v) is 14.7. The van der Waals surface area contributed by atoms with Gasteiger partial charge in [-0.25, -0.2) is 0 Å². The third-order valence-electron chi connectivity index (χ3n) is 4.22. The van der Waals surface area contributed by atoms with Gasteiger partial charge in [0.15, 0.2) is 0 Å². The highest BCUT2D eigenvalue weighted by Gasteiger charge is 2.15. The number of likely N-dealkylation sites (N-methyl/N-ethyl adjacent to an activating group) is 1. The summed E-state index contributed by atoms with van der Waals surface area (Å²) in [4.78, 5) is 18.4. The van der Waals surface area contributed by atoms with Crippen LogP contribution in [0.3, 0.4) is 0 Å². The van der Waals surface area contributed by atoms with Crippen LogP contribution in [0.15, 0.2) is 53.1 Å². The molecule has 3 aromatic rings. The highest BCUT2D eigenvalue weighted by molar-refractivity contribution is 5.78. The third kappa shape index (κ3) is 4.12. The summed E-state index contributed by atoms with van der Waals surface area (Å²) in [6.07, 6.45) is 0.358. The summed E-state index contributed by atoms with van der Waals surface area (Å²) in [5.41, 5.74) is 4.32. The van der Waals surface area contributed by atoms with Gasteiger partial charge < -0.3 is 9.42 Å². The lowest BCUT2D eigenvalue weighted by Crippen LogP contribution is -2.27. The van der Waals surface area contributed by atoms with E-state index in [1.54, 1.807) is 11.9 Å². The molecule has 0 atom stereocenters. The van der Waals surface area contributed by atoms with E-state index in [0.717, 1.165) is 11.1 Å². The van der Waals surface area contributed by atoms with Gasteiger partial charge in [0.2, 0.25) is 17.6 Å². The maximum absolute atomic E-state index is 12.4. The molecule has 0 aliphatic rings. The first-order valence-corrected chi connectivity index (χ1v) is 8.21.